The molecule has 0 bridgehead atoms. The Bertz CT molecular complexity index is 581. The molecule has 0 radical (unpaired) electrons. The van der Waals surface area contributed by atoms with E-state index in [4.69, 9.17) is 0 Å². The molecule has 2 heterocycles. The molecule has 1 amide bonds. The molecule has 6 nitrogen and oxygen atoms in total. The van der Waals surface area contributed by atoms with Crippen LogP contribution < -0.4 is 5.32 Å². The molecular weight excluding hydrogens is 256 g/mol. The van der Waals surface area contributed by atoms with Gasteiger partial charge >= 0.3 is 0 Å². The van der Waals surface area contributed by atoms with Crippen molar-refractivity contribution in [2.45, 2.75) is 26.7 Å². The minimum absolute atomic E-state index is 0.0742. The molecule has 0 aliphatic heterocycles. The van der Waals surface area contributed by atoms with Crippen LogP contribution in [0.1, 0.15) is 37.0 Å². The molecule has 0 unspecified atom stereocenters. The van der Waals surface area contributed by atoms with E-state index in [1.807, 2.05) is 13.8 Å². The second-order valence-electron chi connectivity index (χ2n) is 5.06. The SMILES string of the molecule is CCC(CC)(CO)CNC(=O)c1ccc2nncn2c1. The van der Waals surface area contributed by atoms with Crippen LogP contribution in [-0.2, 0) is 0 Å². The Balaban J connectivity index is 2.07. The number of nitrogens with zero attached hydrogens (tertiary/aromatic N) is 3. The Kier molecular flexibility index (Phi) is 4.34. The summed E-state index contributed by atoms with van der Waals surface area (Å²) in [6, 6.07) is 3.47. The molecule has 0 saturated heterocycles. The lowest BCUT2D eigenvalue weighted by atomic mass is 9.83. The van der Waals surface area contributed by atoms with Crippen LogP contribution >= 0.6 is 0 Å². The highest BCUT2D eigenvalue weighted by Gasteiger charge is 2.26. The predicted molar refractivity (Wildman–Crippen MR) is 75.4 cm³/mol. The fourth-order valence-electron chi connectivity index (χ4n) is 2.11. The second kappa shape index (κ2) is 6.00. The Morgan fingerprint density at radius 3 is 2.80 bits per heavy atom. The van der Waals surface area contributed by atoms with E-state index < -0.39 is 0 Å². The summed E-state index contributed by atoms with van der Waals surface area (Å²) < 4.78 is 1.70. The molecule has 0 aliphatic carbocycles. The average molecular weight is 276 g/mol. The largest absolute Gasteiger partial charge is 0.396 e. The summed E-state index contributed by atoms with van der Waals surface area (Å²) in [5, 5.41) is 20.1. The summed E-state index contributed by atoms with van der Waals surface area (Å²) >= 11 is 0. The van der Waals surface area contributed by atoms with Crippen LogP contribution in [-0.4, -0.2) is 38.8 Å². The van der Waals surface area contributed by atoms with E-state index >= 15 is 0 Å². The van der Waals surface area contributed by atoms with Gasteiger partial charge in [0, 0.05) is 18.2 Å². The molecule has 2 aromatic rings. The van der Waals surface area contributed by atoms with Crippen molar-refractivity contribution in [3.05, 3.63) is 30.2 Å². The number of hydrogen-bond acceptors (Lipinski definition) is 4. The lowest BCUT2D eigenvalue weighted by Crippen LogP contribution is -2.39. The van der Waals surface area contributed by atoms with E-state index in [9.17, 15) is 9.90 Å². The van der Waals surface area contributed by atoms with E-state index in [2.05, 4.69) is 15.5 Å². The molecule has 0 spiro atoms. The standard InChI is InChI=1S/C14H20N4O2/c1-3-14(4-2,9-19)8-15-13(20)11-5-6-12-17-16-10-18(12)7-11/h5-7,10,19H,3-4,8-9H2,1-2H3,(H,15,20). The van der Waals surface area contributed by atoms with Crippen LogP contribution in [0.25, 0.3) is 5.65 Å². The van der Waals surface area contributed by atoms with Crippen molar-refractivity contribution >= 4 is 11.6 Å². The van der Waals surface area contributed by atoms with Gasteiger partial charge in [-0.2, -0.15) is 0 Å². The third-order valence-corrected chi connectivity index (χ3v) is 4.01. The summed E-state index contributed by atoms with van der Waals surface area (Å²) in [6.45, 7) is 4.59. The first-order valence-electron chi connectivity index (χ1n) is 6.82. The van der Waals surface area contributed by atoms with Crippen molar-refractivity contribution in [2.75, 3.05) is 13.2 Å². The minimum atomic E-state index is -0.240. The van der Waals surface area contributed by atoms with Crippen LogP contribution in [0.5, 0.6) is 0 Å². The summed E-state index contributed by atoms with van der Waals surface area (Å²) in [6.07, 6.45) is 4.90. The first kappa shape index (κ1) is 14.5. The van der Waals surface area contributed by atoms with E-state index in [1.54, 1.807) is 29.1 Å². The molecule has 6 heteroatoms. The summed E-state index contributed by atoms with van der Waals surface area (Å²) in [5.41, 5.74) is 1.01. The highest BCUT2D eigenvalue weighted by atomic mass is 16.3. The third kappa shape index (κ3) is 2.80. The zero-order chi connectivity index (χ0) is 14.6. The number of pyridine rings is 1. The van der Waals surface area contributed by atoms with E-state index in [-0.39, 0.29) is 17.9 Å². The molecule has 2 rings (SSSR count). The van der Waals surface area contributed by atoms with Gasteiger partial charge in [0.1, 0.15) is 6.33 Å². The molecule has 0 atom stereocenters. The van der Waals surface area contributed by atoms with Crippen molar-refractivity contribution in [3.63, 3.8) is 0 Å². The van der Waals surface area contributed by atoms with Crippen molar-refractivity contribution < 1.29 is 9.90 Å². The van der Waals surface area contributed by atoms with Gasteiger partial charge in [-0.25, -0.2) is 0 Å². The molecular formula is C14H20N4O2. The first-order valence-corrected chi connectivity index (χ1v) is 6.82. The summed E-state index contributed by atoms with van der Waals surface area (Å²) in [5.74, 6) is -0.152. The van der Waals surface area contributed by atoms with Crippen LogP contribution in [0, 0.1) is 5.41 Å². The molecule has 0 aliphatic rings. The maximum atomic E-state index is 12.2. The van der Waals surface area contributed by atoms with E-state index in [0.717, 1.165) is 12.8 Å². The molecule has 0 saturated carbocycles. The van der Waals surface area contributed by atoms with Crippen LogP contribution in [0.3, 0.4) is 0 Å². The molecule has 2 aromatic heterocycles. The van der Waals surface area contributed by atoms with Crippen LogP contribution in [0.15, 0.2) is 24.7 Å². The van der Waals surface area contributed by atoms with Crippen LogP contribution in [0.4, 0.5) is 0 Å². The van der Waals surface area contributed by atoms with Gasteiger partial charge in [0.25, 0.3) is 5.91 Å². The van der Waals surface area contributed by atoms with Crippen molar-refractivity contribution in [3.8, 4) is 0 Å². The smallest absolute Gasteiger partial charge is 0.252 e. The van der Waals surface area contributed by atoms with Crippen LogP contribution in [0.2, 0.25) is 0 Å². The molecule has 0 fully saturated rings. The van der Waals surface area contributed by atoms with Crippen molar-refractivity contribution in [1.29, 1.82) is 0 Å². The Labute approximate surface area is 117 Å². The topological polar surface area (TPSA) is 79.5 Å². The van der Waals surface area contributed by atoms with Gasteiger partial charge in [-0.1, -0.05) is 13.8 Å². The average Bonchev–Trinajstić information content (AvgIpc) is 2.96. The number of rotatable bonds is 6. The van der Waals surface area contributed by atoms with Crippen molar-refractivity contribution in [2.24, 2.45) is 5.41 Å². The molecule has 2 N–H and O–H groups in total. The third-order valence-electron chi connectivity index (χ3n) is 4.01. The van der Waals surface area contributed by atoms with Gasteiger partial charge in [0.05, 0.1) is 12.2 Å². The Morgan fingerprint density at radius 2 is 2.15 bits per heavy atom. The molecule has 108 valence electrons. The maximum Gasteiger partial charge on any atom is 0.252 e. The van der Waals surface area contributed by atoms with Gasteiger partial charge < -0.3 is 10.4 Å². The predicted octanol–water partition coefficient (Wildman–Crippen LogP) is 1.26. The monoisotopic (exact) mass is 276 g/mol. The number of aliphatic hydroxyl groups excluding tert-OH is 1. The van der Waals surface area contributed by atoms with Gasteiger partial charge in [0.2, 0.25) is 0 Å². The Morgan fingerprint density at radius 1 is 1.40 bits per heavy atom. The first-order chi connectivity index (χ1) is 9.64. The normalized spacial score (nSPS) is 11.8. The zero-order valence-electron chi connectivity index (χ0n) is 11.8. The fourth-order valence-corrected chi connectivity index (χ4v) is 2.11. The molecule has 0 aromatic carbocycles. The Hall–Kier alpha value is -1.95. The van der Waals surface area contributed by atoms with Gasteiger partial charge in [-0.3, -0.25) is 9.20 Å². The quantitative estimate of drug-likeness (QED) is 0.832. The number of amides is 1. The summed E-state index contributed by atoms with van der Waals surface area (Å²) in [4.78, 5) is 12.2. The number of hydrogen-bond donors (Lipinski definition) is 2. The number of aliphatic hydroxyl groups is 1. The van der Waals surface area contributed by atoms with E-state index in [0.29, 0.717) is 17.8 Å². The van der Waals surface area contributed by atoms with Gasteiger partial charge in [-0.15, -0.1) is 10.2 Å². The molecule has 20 heavy (non-hydrogen) atoms. The fraction of sp³-hybridized carbons (Fsp3) is 0.500. The van der Waals surface area contributed by atoms with E-state index in [1.165, 1.54) is 0 Å². The summed E-state index contributed by atoms with van der Waals surface area (Å²) in [7, 11) is 0. The highest BCUT2D eigenvalue weighted by molar-refractivity contribution is 5.94. The number of carbonyl (C=O) groups excluding carboxylic acids is 1. The second-order valence-corrected chi connectivity index (χ2v) is 5.06. The van der Waals surface area contributed by atoms with Crippen molar-refractivity contribution in [1.82, 2.24) is 19.9 Å². The number of fused-ring (bicyclic) bond motifs is 1. The number of carbonyl (C=O) groups is 1. The minimum Gasteiger partial charge on any atom is -0.396 e. The van der Waals surface area contributed by atoms with Gasteiger partial charge in [0.15, 0.2) is 5.65 Å². The maximum absolute atomic E-state index is 12.2. The number of aromatic nitrogens is 3. The lowest BCUT2D eigenvalue weighted by Gasteiger charge is -2.29. The number of nitrogens with one attached hydrogen (secondary N) is 1. The zero-order valence-corrected chi connectivity index (χ0v) is 11.8. The lowest BCUT2D eigenvalue weighted by molar-refractivity contribution is 0.0850. The highest BCUT2D eigenvalue weighted by Crippen LogP contribution is 2.24. The van der Waals surface area contributed by atoms with Gasteiger partial charge in [-0.05, 0) is 25.0 Å².